The fourth-order valence-corrected chi connectivity index (χ4v) is 3.87. The Morgan fingerprint density at radius 3 is 2.79 bits per heavy atom. The number of amides is 1. The van der Waals surface area contributed by atoms with Gasteiger partial charge in [-0.15, -0.1) is 11.3 Å². The monoisotopic (exact) mass is 345 g/mol. The zero-order valence-corrected chi connectivity index (χ0v) is 14.2. The number of methoxy groups -OCH3 is 1. The number of benzene rings is 1. The second kappa shape index (κ2) is 7.05. The van der Waals surface area contributed by atoms with Crippen molar-refractivity contribution in [2.45, 2.75) is 25.2 Å². The Morgan fingerprint density at radius 1 is 1.29 bits per heavy atom. The van der Waals surface area contributed by atoms with Crippen LogP contribution in [-0.4, -0.2) is 30.6 Å². The lowest BCUT2D eigenvalue weighted by molar-refractivity contribution is 0.0702. The van der Waals surface area contributed by atoms with E-state index >= 15 is 0 Å². The van der Waals surface area contributed by atoms with Crippen molar-refractivity contribution in [3.8, 4) is 5.75 Å². The first-order valence-electron chi connectivity index (χ1n) is 7.86. The molecule has 1 aliphatic rings. The third-order valence-corrected chi connectivity index (χ3v) is 5.41. The first-order chi connectivity index (χ1) is 11.6. The van der Waals surface area contributed by atoms with Crippen molar-refractivity contribution in [3.63, 3.8) is 0 Å². The minimum atomic E-state index is -1.01. The largest absolute Gasteiger partial charge is 0.497 e. The molecule has 1 amide bonds. The highest BCUT2D eigenvalue weighted by atomic mass is 32.1. The molecule has 24 heavy (non-hydrogen) atoms. The number of hydrogen-bond donors (Lipinski definition) is 2. The topological polar surface area (TPSA) is 75.6 Å². The molecule has 1 atom stereocenters. The molecule has 1 heterocycles. The number of nitrogens with one attached hydrogen (secondary N) is 1. The van der Waals surface area contributed by atoms with Crippen molar-refractivity contribution in [3.05, 3.63) is 51.2 Å². The Hall–Kier alpha value is -2.34. The summed E-state index contributed by atoms with van der Waals surface area (Å²) in [7, 11) is 1.66. The van der Waals surface area contributed by atoms with Gasteiger partial charge in [-0.25, -0.2) is 4.79 Å². The van der Waals surface area contributed by atoms with Gasteiger partial charge in [0.05, 0.1) is 12.0 Å². The fraction of sp³-hybridized carbons (Fsp3) is 0.333. The summed E-state index contributed by atoms with van der Waals surface area (Å²) >= 11 is 0.998. The van der Waals surface area contributed by atoms with E-state index in [2.05, 4.69) is 17.4 Å². The second-order valence-corrected chi connectivity index (χ2v) is 6.92. The zero-order chi connectivity index (χ0) is 17.1. The van der Waals surface area contributed by atoms with Crippen LogP contribution in [0.25, 0.3) is 0 Å². The SMILES string of the molecule is COc1ccc2c(c1)CCCC2CNC(=O)c1ccc(C(=O)O)s1. The summed E-state index contributed by atoms with van der Waals surface area (Å²) in [6.07, 6.45) is 3.15. The molecule has 126 valence electrons. The summed E-state index contributed by atoms with van der Waals surface area (Å²) < 4.78 is 5.28. The average molecular weight is 345 g/mol. The maximum absolute atomic E-state index is 12.2. The normalized spacial score (nSPS) is 16.3. The number of carboxylic acids is 1. The van der Waals surface area contributed by atoms with Gasteiger partial charge in [-0.3, -0.25) is 4.79 Å². The van der Waals surface area contributed by atoms with Crippen LogP contribution in [0.5, 0.6) is 5.75 Å². The van der Waals surface area contributed by atoms with Gasteiger partial charge < -0.3 is 15.2 Å². The lowest BCUT2D eigenvalue weighted by Gasteiger charge is -2.26. The highest BCUT2D eigenvalue weighted by Crippen LogP contribution is 2.33. The van der Waals surface area contributed by atoms with E-state index in [-0.39, 0.29) is 16.7 Å². The standard InChI is InChI=1S/C18H19NO4S/c1-23-13-5-6-14-11(9-13)3-2-4-12(14)10-19-17(20)15-7-8-16(24-15)18(21)22/h5-9,12H,2-4,10H2,1H3,(H,19,20)(H,21,22). The molecule has 5 nitrogen and oxygen atoms in total. The molecule has 0 aliphatic heterocycles. The number of carbonyl (C=O) groups excluding carboxylic acids is 1. The van der Waals surface area contributed by atoms with Crippen molar-refractivity contribution >= 4 is 23.2 Å². The lowest BCUT2D eigenvalue weighted by atomic mass is 9.82. The van der Waals surface area contributed by atoms with E-state index < -0.39 is 5.97 Å². The van der Waals surface area contributed by atoms with Gasteiger partial charge in [0.1, 0.15) is 10.6 Å². The number of fused-ring (bicyclic) bond motifs is 1. The first kappa shape index (κ1) is 16.5. The molecule has 2 aromatic rings. The van der Waals surface area contributed by atoms with Crippen LogP contribution in [0.2, 0.25) is 0 Å². The number of aryl methyl sites for hydroxylation is 1. The highest BCUT2D eigenvalue weighted by molar-refractivity contribution is 7.15. The van der Waals surface area contributed by atoms with Crippen LogP contribution in [0.4, 0.5) is 0 Å². The van der Waals surface area contributed by atoms with Gasteiger partial charge in [-0.2, -0.15) is 0 Å². The van der Waals surface area contributed by atoms with Gasteiger partial charge in [0.15, 0.2) is 0 Å². The van der Waals surface area contributed by atoms with E-state index in [9.17, 15) is 9.59 Å². The summed E-state index contributed by atoms with van der Waals surface area (Å²) in [4.78, 5) is 23.7. The predicted molar refractivity (Wildman–Crippen MR) is 92.3 cm³/mol. The molecule has 3 rings (SSSR count). The van der Waals surface area contributed by atoms with Crippen LogP contribution in [0.15, 0.2) is 30.3 Å². The summed E-state index contributed by atoms with van der Waals surface area (Å²) in [6, 6.07) is 9.13. The highest BCUT2D eigenvalue weighted by Gasteiger charge is 2.22. The van der Waals surface area contributed by atoms with Crippen molar-refractivity contribution in [1.82, 2.24) is 5.32 Å². The maximum Gasteiger partial charge on any atom is 0.345 e. The Morgan fingerprint density at radius 2 is 2.08 bits per heavy atom. The molecule has 1 aromatic heterocycles. The molecule has 0 spiro atoms. The third kappa shape index (κ3) is 3.43. The lowest BCUT2D eigenvalue weighted by Crippen LogP contribution is -2.29. The van der Waals surface area contributed by atoms with Crippen molar-refractivity contribution in [2.24, 2.45) is 0 Å². The van der Waals surface area contributed by atoms with E-state index in [1.54, 1.807) is 13.2 Å². The second-order valence-electron chi connectivity index (χ2n) is 5.83. The Kier molecular flexibility index (Phi) is 4.85. The van der Waals surface area contributed by atoms with E-state index in [0.29, 0.717) is 11.4 Å². The van der Waals surface area contributed by atoms with E-state index in [4.69, 9.17) is 9.84 Å². The average Bonchev–Trinajstić information content (AvgIpc) is 3.09. The minimum absolute atomic E-state index is 0.176. The Labute approximate surface area is 144 Å². The molecule has 0 saturated carbocycles. The maximum atomic E-state index is 12.2. The molecule has 2 N–H and O–H groups in total. The van der Waals surface area contributed by atoms with Crippen molar-refractivity contribution < 1.29 is 19.4 Å². The van der Waals surface area contributed by atoms with Gasteiger partial charge in [0, 0.05) is 12.5 Å². The summed E-state index contributed by atoms with van der Waals surface area (Å²) in [6.45, 7) is 0.554. The predicted octanol–water partition coefficient (Wildman–Crippen LogP) is 3.30. The summed E-state index contributed by atoms with van der Waals surface area (Å²) in [5, 5.41) is 11.9. The first-order valence-corrected chi connectivity index (χ1v) is 8.68. The fourth-order valence-electron chi connectivity index (χ4n) is 3.11. The molecule has 1 aliphatic carbocycles. The minimum Gasteiger partial charge on any atom is -0.497 e. The van der Waals surface area contributed by atoms with Gasteiger partial charge in [-0.1, -0.05) is 6.07 Å². The number of carbonyl (C=O) groups is 2. The van der Waals surface area contributed by atoms with E-state index in [1.165, 1.54) is 17.2 Å². The van der Waals surface area contributed by atoms with E-state index in [0.717, 1.165) is 36.3 Å². The number of rotatable bonds is 5. The number of aromatic carboxylic acids is 1. The molecule has 0 fully saturated rings. The summed E-state index contributed by atoms with van der Waals surface area (Å²) in [5.74, 6) is -0.0805. The van der Waals surface area contributed by atoms with Gasteiger partial charge in [-0.05, 0) is 54.7 Å². The van der Waals surface area contributed by atoms with Gasteiger partial charge in [0.25, 0.3) is 5.91 Å². The van der Waals surface area contributed by atoms with Crippen molar-refractivity contribution in [2.75, 3.05) is 13.7 Å². The van der Waals surface area contributed by atoms with Crippen LogP contribution in [-0.2, 0) is 6.42 Å². The molecule has 0 saturated heterocycles. The van der Waals surface area contributed by atoms with Crippen LogP contribution >= 0.6 is 11.3 Å². The summed E-state index contributed by atoms with van der Waals surface area (Å²) in [5.41, 5.74) is 2.55. The third-order valence-electron chi connectivity index (χ3n) is 4.34. The number of hydrogen-bond acceptors (Lipinski definition) is 4. The molecule has 0 bridgehead atoms. The zero-order valence-electron chi connectivity index (χ0n) is 13.4. The van der Waals surface area contributed by atoms with Gasteiger partial charge in [0.2, 0.25) is 0 Å². The van der Waals surface area contributed by atoms with Crippen LogP contribution < -0.4 is 10.1 Å². The molecule has 0 radical (unpaired) electrons. The van der Waals surface area contributed by atoms with Crippen LogP contribution in [0.1, 0.15) is 49.2 Å². The number of carboxylic acid groups (broad SMARTS) is 1. The van der Waals surface area contributed by atoms with E-state index in [1.807, 2.05) is 6.07 Å². The quantitative estimate of drug-likeness (QED) is 0.872. The molecule has 6 heteroatoms. The number of thiophene rings is 1. The Bertz CT molecular complexity index is 768. The molecule has 1 unspecified atom stereocenters. The van der Waals surface area contributed by atoms with Crippen LogP contribution in [0.3, 0.4) is 0 Å². The molecule has 1 aromatic carbocycles. The molecular formula is C18H19NO4S. The molecular weight excluding hydrogens is 326 g/mol. The van der Waals surface area contributed by atoms with Gasteiger partial charge >= 0.3 is 5.97 Å². The smallest absolute Gasteiger partial charge is 0.345 e. The van der Waals surface area contributed by atoms with Crippen molar-refractivity contribution in [1.29, 1.82) is 0 Å². The Balaban J connectivity index is 1.67. The van der Waals surface area contributed by atoms with Crippen LogP contribution in [0, 0.1) is 0 Å². The number of ether oxygens (including phenoxy) is 1.